The van der Waals surface area contributed by atoms with Gasteiger partial charge in [-0.15, -0.1) is 0 Å². The van der Waals surface area contributed by atoms with Crippen LogP contribution >= 0.6 is 0 Å². The molecule has 1 fully saturated rings. The van der Waals surface area contributed by atoms with E-state index in [1.165, 1.54) is 18.4 Å². The van der Waals surface area contributed by atoms with Gasteiger partial charge in [-0.2, -0.15) is 0 Å². The van der Waals surface area contributed by atoms with E-state index in [1.54, 1.807) is 6.33 Å². The Kier molecular flexibility index (Phi) is 2.87. The van der Waals surface area contributed by atoms with Crippen LogP contribution in [-0.2, 0) is 11.2 Å². The number of hydrogen-bond donors (Lipinski definition) is 0. The molecular formula is C10H14N2O. The summed E-state index contributed by atoms with van der Waals surface area (Å²) in [5.74, 6) is 0.764. The lowest BCUT2D eigenvalue weighted by molar-refractivity contribution is 0.0665. The molecule has 0 atom stereocenters. The monoisotopic (exact) mass is 178 g/mol. The van der Waals surface area contributed by atoms with Crippen LogP contribution in [0.5, 0.6) is 0 Å². The molecule has 0 aliphatic carbocycles. The second kappa shape index (κ2) is 4.33. The molecular weight excluding hydrogens is 164 g/mol. The van der Waals surface area contributed by atoms with Gasteiger partial charge in [-0.05, 0) is 30.7 Å². The second-order valence-corrected chi connectivity index (χ2v) is 3.51. The molecule has 0 radical (unpaired) electrons. The highest BCUT2D eigenvalue weighted by Crippen LogP contribution is 2.18. The zero-order valence-corrected chi connectivity index (χ0v) is 7.65. The molecule has 0 N–H and O–H groups in total. The van der Waals surface area contributed by atoms with Gasteiger partial charge < -0.3 is 4.74 Å². The van der Waals surface area contributed by atoms with Gasteiger partial charge in [-0.25, -0.2) is 9.97 Å². The molecule has 0 amide bonds. The molecule has 1 aromatic rings. The van der Waals surface area contributed by atoms with Gasteiger partial charge in [0.05, 0.1) is 0 Å². The third kappa shape index (κ3) is 2.49. The van der Waals surface area contributed by atoms with E-state index in [1.807, 2.05) is 12.4 Å². The van der Waals surface area contributed by atoms with Crippen molar-refractivity contribution in [2.45, 2.75) is 19.3 Å². The summed E-state index contributed by atoms with van der Waals surface area (Å²) in [6.07, 6.45) is 8.84. The number of nitrogens with zero attached hydrogens (tertiary/aromatic N) is 2. The first-order valence-corrected chi connectivity index (χ1v) is 4.77. The van der Waals surface area contributed by atoms with Crippen LogP contribution in [0.4, 0.5) is 0 Å². The van der Waals surface area contributed by atoms with Crippen molar-refractivity contribution in [3.8, 4) is 0 Å². The Bertz CT molecular complexity index is 244. The zero-order chi connectivity index (χ0) is 8.93. The Morgan fingerprint density at radius 1 is 1.23 bits per heavy atom. The van der Waals surface area contributed by atoms with Crippen molar-refractivity contribution in [1.29, 1.82) is 0 Å². The highest BCUT2D eigenvalue weighted by atomic mass is 16.5. The fourth-order valence-corrected chi connectivity index (χ4v) is 1.72. The van der Waals surface area contributed by atoms with Crippen molar-refractivity contribution in [2.75, 3.05) is 13.2 Å². The number of rotatable bonds is 2. The van der Waals surface area contributed by atoms with Gasteiger partial charge in [0.15, 0.2) is 0 Å². The Morgan fingerprint density at radius 2 is 1.92 bits per heavy atom. The van der Waals surface area contributed by atoms with E-state index in [0.717, 1.165) is 25.6 Å². The van der Waals surface area contributed by atoms with Crippen LogP contribution in [0.2, 0.25) is 0 Å². The minimum atomic E-state index is 0.764. The van der Waals surface area contributed by atoms with Crippen LogP contribution in [0.25, 0.3) is 0 Å². The quantitative estimate of drug-likeness (QED) is 0.687. The van der Waals surface area contributed by atoms with E-state index in [0.29, 0.717) is 0 Å². The molecule has 0 aromatic carbocycles. The van der Waals surface area contributed by atoms with E-state index in [9.17, 15) is 0 Å². The molecule has 1 aliphatic rings. The van der Waals surface area contributed by atoms with Crippen molar-refractivity contribution < 1.29 is 4.74 Å². The Labute approximate surface area is 78.2 Å². The fraction of sp³-hybridized carbons (Fsp3) is 0.600. The third-order valence-corrected chi connectivity index (χ3v) is 2.48. The van der Waals surface area contributed by atoms with Crippen molar-refractivity contribution in [1.82, 2.24) is 9.97 Å². The summed E-state index contributed by atoms with van der Waals surface area (Å²) in [7, 11) is 0. The minimum absolute atomic E-state index is 0.764. The standard InChI is InChI=1S/C10H14N2O/c1-3-13-4-2-9(1)5-10-6-11-8-12-7-10/h6-9H,1-5H2. The average molecular weight is 178 g/mol. The maximum Gasteiger partial charge on any atom is 0.115 e. The van der Waals surface area contributed by atoms with Crippen molar-refractivity contribution >= 4 is 0 Å². The first-order valence-electron chi connectivity index (χ1n) is 4.77. The Morgan fingerprint density at radius 3 is 2.62 bits per heavy atom. The minimum Gasteiger partial charge on any atom is -0.381 e. The molecule has 0 bridgehead atoms. The van der Waals surface area contributed by atoms with Crippen molar-refractivity contribution in [2.24, 2.45) is 5.92 Å². The predicted molar refractivity (Wildman–Crippen MR) is 49.3 cm³/mol. The van der Waals surface area contributed by atoms with Crippen LogP contribution in [-0.4, -0.2) is 23.2 Å². The molecule has 0 spiro atoms. The van der Waals surface area contributed by atoms with Crippen LogP contribution in [0.1, 0.15) is 18.4 Å². The lowest BCUT2D eigenvalue weighted by atomic mass is 9.94. The highest BCUT2D eigenvalue weighted by Gasteiger charge is 2.13. The number of ether oxygens (including phenoxy) is 1. The van der Waals surface area contributed by atoms with E-state index >= 15 is 0 Å². The zero-order valence-electron chi connectivity index (χ0n) is 7.65. The highest BCUT2D eigenvalue weighted by molar-refractivity contribution is 5.03. The normalized spacial score (nSPS) is 18.8. The first kappa shape index (κ1) is 8.63. The largest absolute Gasteiger partial charge is 0.381 e. The van der Waals surface area contributed by atoms with E-state index < -0.39 is 0 Å². The van der Waals surface area contributed by atoms with Crippen molar-refractivity contribution in [3.05, 3.63) is 24.3 Å². The molecule has 3 heteroatoms. The van der Waals surface area contributed by atoms with E-state index in [2.05, 4.69) is 9.97 Å². The first-order chi connectivity index (χ1) is 6.45. The SMILES string of the molecule is c1ncc(CC2CCOCC2)cn1. The summed E-state index contributed by atoms with van der Waals surface area (Å²) < 4.78 is 5.31. The predicted octanol–water partition coefficient (Wildman–Crippen LogP) is 1.45. The molecule has 1 aliphatic heterocycles. The lowest BCUT2D eigenvalue weighted by Gasteiger charge is -2.21. The molecule has 3 nitrogen and oxygen atoms in total. The molecule has 1 aromatic heterocycles. The molecule has 2 rings (SSSR count). The number of aromatic nitrogens is 2. The fourth-order valence-electron chi connectivity index (χ4n) is 1.72. The smallest absolute Gasteiger partial charge is 0.115 e. The molecule has 0 saturated carbocycles. The maximum atomic E-state index is 5.31. The van der Waals surface area contributed by atoms with Gasteiger partial charge in [-0.1, -0.05) is 0 Å². The van der Waals surface area contributed by atoms with Gasteiger partial charge in [0, 0.05) is 25.6 Å². The van der Waals surface area contributed by atoms with Gasteiger partial charge >= 0.3 is 0 Å². The third-order valence-electron chi connectivity index (χ3n) is 2.48. The van der Waals surface area contributed by atoms with Gasteiger partial charge in [0.2, 0.25) is 0 Å². The van der Waals surface area contributed by atoms with E-state index in [-0.39, 0.29) is 0 Å². The Hall–Kier alpha value is -0.960. The van der Waals surface area contributed by atoms with Gasteiger partial charge in [-0.3, -0.25) is 0 Å². The average Bonchev–Trinajstić information content (AvgIpc) is 2.21. The molecule has 70 valence electrons. The van der Waals surface area contributed by atoms with E-state index in [4.69, 9.17) is 4.74 Å². The summed E-state index contributed by atoms with van der Waals surface area (Å²) >= 11 is 0. The summed E-state index contributed by atoms with van der Waals surface area (Å²) in [4.78, 5) is 8.02. The summed E-state index contributed by atoms with van der Waals surface area (Å²) in [5, 5.41) is 0. The second-order valence-electron chi connectivity index (χ2n) is 3.51. The molecule has 13 heavy (non-hydrogen) atoms. The number of hydrogen-bond acceptors (Lipinski definition) is 3. The Balaban J connectivity index is 1.90. The van der Waals surface area contributed by atoms with Crippen LogP contribution in [0.3, 0.4) is 0 Å². The van der Waals surface area contributed by atoms with Crippen molar-refractivity contribution in [3.63, 3.8) is 0 Å². The molecule has 2 heterocycles. The van der Waals surface area contributed by atoms with Crippen LogP contribution in [0.15, 0.2) is 18.7 Å². The summed E-state index contributed by atoms with van der Waals surface area (Å²) in [5.41, 5.74) is 1.24. The topological polar surface area (TPSA) is 35.0 Å². The lowest BCUT2D eigenvalue weighted by Crippen LogP contribution is -2.17. The molecule has 0 unspecified atom stereocenters. The summed E-state index contributed by atoms with van der Waals surface area (Å²) in [6, 6.07) is 0. The van der Waals surface area contributed by atoms with Crippen LogP contribution < -0.4 is 0 Å². The maximum absolute atomic E-state index is 5.31. The summed E-state index contributed by atoms with van der Waals surface area (Å²) in [6.45, 7) is 1.83. The van der Waals surface area contributed by atoms with Gasteiger partial charge in [0.1, 0.15) is 6.33 Å². The van der Waals surface area contributed by atoms with Crippen LogP contribution in [0, 0.1) is 5.92 Å². The van der Waals surface area contributed by atoms with Gasteiger partial charge in [0.25, 0.3) is 0 Å². The molecule has 1 saturated heterocycles.